The lowest BCUT2D eigenvalue weighted by atomic mass is 9.94. The minimum Gasteiger partial charge on any atom is -0.395 e. The molecule has 1 saturated carbocycles. The molecule has 0 aliphatic heterocycles. The van der Waals surface area contributed by atoms with Crippen LogP contribution in [0.4, 0.5) is 0 Å². The van der Waals surface area contributed by atoms with Gasteiger partial charge in [0.05, 0.1) is 6.61 Å². The maximum atomic E-state index is 9.54. The number of hydrogen-bond donors (Lipinski definition) is 1. The van der Waals surface area contributed by atoms with Crippen LogP contribution in [-0.4, -0.2) is 11.7 Å². The van der Waals surface area contributed by atoms with Crippen molar-refractivity contribution in [3.8, 4) is 0 Å². The Bertz CT molecular complexity index is 353. The van der Waals surface area contributed by atoms with Gasteiger partial charge >= 0.3 is 0 Å². The summed E-state index contributed by atoms with van der Waals surface area (Å²) >= 11 is 0. The van der Waals surface area contributed by atoms with Crippen molar-refractivity contribution in [2.24, 2.45) is 5.92 Å². The summed E-state index contributed by atoms with van der Waals surface area (Å²) in [6.45, 7) is 4.45. The predicted octanol–water partition coefficient (Wildman–Crippen LogP) is 2.51. The molecule has 2 rings (SSSR count). The van der Waals surface area contributed by atoms with Crippen LogP contribution in [-0.2, 0) is 5.41 Å². The fourth-order valence-electron chi connectivity index (χ4n) is 2.55. The average Bonchev–Trinajstić information content (AvgIpc) is 2.85. The smallest absolute Gasteiger partial charge is 0.0571 e. The van der Waals surface area contributed by atoms with Crippen molar-refractivity contribution >= 4 is 0 Å². The summed E-state index contributed by atoms with van der Waals surface area (Å²) in [5.74, 6) is 0.486. The Morgan fingerprint density at radius 2 is 2.00 bits per heavy atom. The number of benzene rings is 1. The third-order valence-corrected chi connectivity index (χ3v) is 3.49. The maximum absolute atomic E-state index is 9.54. The van der Waals surface area contributed by atoms with Gasteiger partial charge < -0.3 is 5.11 Å². The summed E-state index contributed by atoms with van der Waals surface area (Å²) in [4.78, 5) is 0. The quantitative estimate of drug-likeness (QED) is 0.707. The van der Waals surface area contributed by atoms with Gasteiger partial charge in [-0.3, -0.25) is 0 Å². The number of hydrogen-bond acceptors (Lipinski definition) is 1. The van der Waals surface area contributed by atoms with E-state index in [9.17, 15) is 5.11 Å². The topological polar surface area (TPSA) is 20.2 Å². The summed E-state index contributed by atoms with van der Waals surface area (Å²) < 4.78 is 0. The van der Waals surface area contributed by atoms with Gasteiger partial charge in [0, 0.05) is 5.41 Å². The molecule has 1 heteroatoms. The molecule has 2 atom stereocenters. The number of aliphatic hydroxyl groups is 1. The Morgan fingerprint density at radius 1 is 1.36 bits per heavy atom. The van der Waals surface area contributed by atoms with E-state index in [1.165, 1.54) is 11.1 Å². The zero-order chi connectivity index (χ0) is 10.2. The molecule has 0 aromatic heterocycles. The molecular weight excluding hydrogens is 172 g/mol. The van der Waals surface area contributed by atoms with Crippen LogP contribution in [0.5, 0.6) is 0 Å². The van der Waals surface area contributed by atoms with Crippen LogP contribution in [0.15, 0.2) is 42.0 Å². The Balaban J connectivity index is 2.43. The molecule has 0 unspecified atom stereocenters. The van der Waals surface area contributed by atoms with Gasteiger partial charge in [-0.05, 0) is 18.4 Å². The first-order valence-electron chi connectivity index (χ1n) is 5.10. The largest absolute Gasteiger partial charge is 0.395 e. The van der Waals surface area contributed by atoms with Gasteiger partial charge in [0.25, 0.3) is 0 Å². The highest BCUT2D eigenvalue weighted by Gasteiger charge is 2.56. The fourth-order valence-corrected chi connectivity index (χ4v) is 2.55. The van der Waals surface area contributed by atoms with E-state index in [-0.39, 0.29) is 12.0 Å². The first kappa shape index (κ1) is 9.47. The average molecular weight is 188 g/mol. The minimum atomic E-state index is -0.0734. The molecular formula is C13H16O. The van der Waals surface area contributed by atoms with Crippen molar-refractivity contribution in [2.75, 3.05) is 6.61 Å². The SMILES string of the molecule is C/C=C1/[C@H](C)[C@@]1(CO)c1ccccc1. The van der Waals surface area contributed by atoms with Crippen molar-refractivity contribution in [2.45, 2.75) is 19.3 Å². The second kappa shape index (κ2) is 3.25. The summed E-state index contributed by atoms with van der Waals surface area (Å²) in [6.07, 6.45) is 2.13. The van der Waals surface area contributed by atoms with Gasteiger partial charge in [-0.2, -0.15) is 0 Å². The van der Waals surface area contributed by atoms with E-state index in [0.29, 0.717) is 5.92 Å². The Morgan fingerprint density at radius 3 is 2.43 bits per heavy atom. The lowest BCUT2D eigenvalue weighted by Crippen LogP contribution is -2.14. The molecule has 74 valence electrons. The highest BCUT2D eigenvalue weighted by atomic mass is 16.3. The van der Waals surface area contributed by atoms with Gasteiger partial charge in [0.1, 0.15) is 0 Å². The zero-order valence-electron chi connectivity index (χ0n) is 8.70. The van der Waals surface area contributed by atoms with Gasteiger partial charge in [-0.15, -0.1) is 0 Å². The molecule has 1 fully saturated rings. The Labute approximate surface area is 85.1 Å². The third kappa shape index (κ3) is 1.05. The predicted molar refractivity (Wildman–Crippen MR) is 58.1 cm³/mol. The van der Waals surface area contributed by atoms with E-state index in [2.05, 4.69) is 25.1 Å². The van der Waals surface area contributed by atoms with Crippen LogP contribution in [0.2, 0.25) is 0 Å². The molecule has 1 aromatic rings. The molecule has 0 heterocycles. The van der Waals surface area contributed by atoms with Crippen LogP contribution in [0.25, 0.3) is 0 Å². The third-order valence-electron chi connectivity index (χ3n) is 3.49. The van der Waals surface area contributed by atoms with Crippen molar-refractivity contribution in [3.63, 3.8) is 0 Å². The first-order valence-corrected chi connectivity index (χ1v) is 5.10. The van der Waals surface area contributed by atoms with Crippen LogP contribution in [0, 0.1) is 5.92 Å². The highest BCUT2D eigenvalue weighted by Crippen LogP contribution is 2.58. The molecule has 0 radical (unpaired) electrons. The number of allylic oxidation sites excluding steroid dienone is 1. The van der Waals surface area contributed by atoms with Crippen LogP contribution in [0.1, 0.15) is 19.4 Å². The summed E-state index contributed by atoms with van der Waals surface area (Å²) in [5, 5.41) is 9.54. The molecule has 1 aliphatic carbocycles. The summed E-state index contributed by atoms with van der Waals surface area (Å²) in [6, 6.07) is 10.3. The van der Waals surface area contributed by atoms with E-state index in [1.54, 1.807) is 0 Å². The standard InChI is InChI=1S/C13H16O/c1-3-12-10(2)13(12,9-14)11-7-5-4-6-8-11/h3-8,10,14H,9H2,1-2H3/b12-3-/t10-,13-/m0/s1. The van der Waals surface area contributed by atoms with Gasteiger partial charge in [0.15, 0.2) is 0 Å². The maximum Gasteiger partial charge on any atom is 0.0571 e. The monoisotopic (exact) mass is 188 g/mol. The summed E-state index contributed by atoms with van der Waals surface area (Å²) in [5.41, 5.74) is 2.53. The Kier molecular flexibility index (Phi) is 2.20. The summed E-state index contributed by atoms with van der Waals surface area (Å²) in [7, 11) is 0. The van der Waals surface area contributed by atoms with Crippen molar-refractivity contribution < 1.29 is 5.11 Å². The Hall–Kier alpha value is -1.08. The van der Waals surface area contributed by atoms with Gasteiger partial charge in [0.2, 0.25) is 0 Å². The second-order valence-electron chi connectivity index (χ2n) is 3.96. The molecule has 0 amide bonds. The normalized spacial score (nSPS) is 33.4. The molecule has 0 saturated heterocycles. The van der Waals surface area contributed by atoms with Crippen LogP contribution < -0.4 is 0 Å². The molecule has 1 nitrogen and oxygen atoms in total. The molecule has 14 heavy (non-hydrogen) atoms. The van der Waals surface area contributed by atoms with E-state index >= 15 is 0 Å². The van der Waals surface area contributed by atoms with E-state index in [1.807, 2.05) is 25.1 Å². The van der Waals surface area contributed by atoms with Crippen LogP contribution in [0.3, 0.4) is 0 Å². The van der Waals surface area contributed by atoms with Crippen molar-refractivity contribution in [1.29, 1.82) is 0 Å². The zero-order valence-corrected chi connectivity index (χ0v) is 8.70. The van der Waals surface area contributed by atoms with E-state index in [0.717, 1.165) is 0 Å². The van der Waals surface area contributed by atoms with Gasteiger partial charge in [-0.1, -0.05) is 48.9 Å². The molecule has 1 N–H and O–H groups in total. The van der Waals surface area contributed by atoms with E-state index < -0.39 is 0 Å². The minimum absolute atomic E-state index is 0.0734. The molecule has 0 spiro atoms. The lowest BCUT2D eigenvalue weighted by Gasteiger charge is -2.12. The van der Waals surface area contributed by atoms with Crippen LogP contribution >= 0.6 is 0 Å². The van der Waals surface area contributed by atoms with Crippen molar-refractivity contribution in [3.05, 3.63) is 47.5 Å². The molecule has 0 bridgehead atoms. The molecule has 1 aliphatic rings. The van der Waals surface area contributed by atoms with Gasteiger partial charge in [-0.25, -0.2) is 0 Å². The second-order valence-corrected chi connectivity index (χ2v) is 3.96. The van der Waals surface area contributed by atoms with Crippen molar-refractivity contribution in [1.82, 2.24) is 0 Å². The highest BCUT2D eigenvalue weighted by molar-refractivity contribution is 5.52. The molecule has 1 aromatic carbocycles. The van der Waals surface area contributed by atoms with E-state index in [4.69, 9.17) is 0 Å². The number of aliphatic hydroxyl groups excluding tert-OH is 1. The number of rotatable bonds is 2. The first-order chi connectivity index (χ1) is 6.77. The lowest BCUT2D eigenvalue weighted by molar-refractivity contribution is 0.251. The fraction of sp³-hybridized carbons (Fsp3) is 0.385.